The number of benzene rings is 2. The summed E-state index contributed by atoms with van der Waals surface area (Å²) >= 11 is 0. The average molecular weight is 409 g/mol. The van der Waals surface area contributed by atoms with Crippen LogP contribution in [-0.2, 0) is 20.9 Å². The van der Waals surface area contributed by atoms with Gasteiger partial charge in [0.1, 0.15) is 19.3 Å². The van der Waals surface area contributed by atoms with E-state index in [4.69, 9.17) is 9.47 Å². The number of imide groups is 2. The van der Waals surface area contributed by atoms with Crippen molar-refractivity contribution in [3.63, 3.8) is 0 Å². The maximum atomic E-state index is 12.5. The lowest BCUT2D eigenvalue weighted by atomic mass is 10.2. The molecule has 1 saturated heterocycles. The SMILES string of the molecule is O=C(CN1C(=O)C(=O)N(Cc2ccccc2)C1=O)NC[C@@H]1COc2ccccc2O1. The van der Waals surface area contributed by atoms with Crippen LogP contribution >= 0.6 is 0 Å². The van der Waals surface area contributed by atoms with Gasteiger partial charge in [-0.2, -0.15) is 0 Å². The second-order valence-electron chi connectivity index (χ2n) is 6.85. The summed E-state index contributed by atoms with van der Waals surface area (Å²) in [5, 5.41) is 2.61. The van der Waals surface area contributed by atoms with Gasteiger partial charge >= 0.3 is 17.8 Å². The molecular weight excluding hydrogens is 390 g/mol. The summed E-state index contributed by atoms with van der Waals surface area (Å²) in [6, 6.07) is 15.2. The number of hydrogen-bond donors (Lipinski definition) is 1. The number of carbonyl (C=O) groups excluding carboxylic acids is 4. The molecule has 0 spiro atoms. The Morgan fingerprint density at radius 3 is 2.37 bits per heavy atom. The Bertz CT molecular complexity index is 993. The molecule has 1 N–H and O–H groups in total. The van der Waals surface area contributed by atoms with E-state index in [1.165, 1.54) is 0 Å². The summed E-state index contributed by atoms with van der Waals surface area (Å²) in [7, 11) is 0. The smallest absolute Gasteiger partial charge is 0.335 e. The van der Waals surface area contributed by atoms with E-state index in [1.807, 2.05) is 12.1 Å². The topological polar surface area (TPSA) is 105 Å². The minimum atomic E-state index is -1.02. The molecule has 2 aliphatic rings. The molecule has 0 bridgehead atoms. The van der Waals surface area contributed by atoms with E-state index < -0.39 is 36.4 Å². The molecule has 0 aliphatic carbocycles. The van der Waals surface area contributed by atoms with E-state index >= 15 is 0 Å². The highest BCUT2D eigenvalue weighted by Gasteiger charge is 2.45. The molecule has 2 aromatic carbocycles. The van der Waals surface area contributed by atoms with Gasteiger partial charge in [0.05, 0.1) is 13.1 Å². The normalized spacial score (nSPS) is 18.0. The number of urea groups is 1. The Labute approximate surface area is 172 Å². The molecule has 0 radical (unpaired) electrons. The molecule has 9 heteroatoms. The van der Waals surface area contributed by atoms with Gasteiger partial charge in [0.2, 0.25) is 5.91 Å². The molecule has 154 valence electrons. The third-order valence-corrected chi connectivity index (χ3v) is 4.71. The highest BCUT2D eigenvalue weighted by molar-refractivity contribution is 6.44. The summed E-state index contributed by atoms with van der Waals surface area (Å²) < 4.78 is 11.3. The van der Waals surface area contributed by atoms with Gasteiger partial charge in [-0.05, 0) is 17.7 Å². The Morgan fingerprint density at radius 1 is 0.933 bits per heavy atom. The lowest BCUT2D eigenvalue weighted by molar-refractivity contribution is -0.144. The fraction of sp³-hybridized carbons (Fsp3) is 0.238. The van der Waals surface area contributed by atoms with Crippen LogP contribution in [-0.4, -0.2) is 59.4 Å². The van der Waals surface area contributed by atoms with Crippen LogP contribution in [0.3, 0.4) is 0 Å². The van der Waals surface area contributed by atoms with E-state index in [2.05, 4.69) is 5.32 Å². The summed E-state index contributed by atoms with van der Waals surface area (Å²) in [6.07, 6.45) is -0.412. The first-order valence-corrected chi connectivity index (χ1v) is 9.39. The number of amides is 5. The molecule has 1 atom stereocenters. The third kappa shape index (κ3) is 3.95. The van der Waals surface area contributed by atoms with E-state index in [9.17, 15) is 19.2 Å². The Morgan fingerprint density at radius 2 is 1.60 bits per heavy atom. The van der Waals surface area contributed by atoms with Crippen LogP contribution in [0.5, 0.6) is 11.5 Å². The van der Waals surface area contributed by atoms with Crippen molar-refractivity contribution in [3.05, 3.63) is 60.2 Å². The lowest BCUT2D eigenvalue weighted by Gasteiger charge is -2.26. The number of hydrogen-bond acceptors (Lipinski definition) is 6. The van der Waals surface area contributed by atoms with Crippen LogP contribution in [0.4, 0.5) is 4.79 Å². The number of nitrogens with one attached hydrogen (secondary N) is 1. The zero-order chi connectivity index (χ0) is 21.1. The molecule has 2 aliphatic heterocycles. The minimum Gasteiger partial charge on any atom is -0.486 e. The monoisotopic (exact) mass is 409 g/mol. The van der Waals surface area contributed by atoms with Crippen molar-refractivity contribution in [2.45, 2.75) is 12.6 Å². The second kappa shape index (κ2) is 8.24. The van der Waals surface area contributed by atoms with Crippen molar-refractivity contribution in [2.75, 3.05) is 19.7 Å². The van der Waals surface area contributed by atoms with Gasteiger partial charge in [0.15, 0.2) is 11.5 Å². The average Bonchev–Trinajstić information content (AvgIpc) is 2.96. The lowest BCUT2D eigenvalue weighted by Crippen LogP contribution is -2.45. The van der Waals surface area contributed by atoms with E-state index in [1.54, 1.807) is 42.5 Å². The highest BCUT2D eigenvalue weighted by atomic mass is 16.6. The standard InChI is InChI=1S/C21H19N3O6/c25-18(22-10-15-13-29-16-8-4-5-9-17(16)30-15)12-24-20(27)19(26)23(21(24)28)11-14-6-2-1-3-7-14/h1-9,15H,10-13H2,(H,22,25)/t15-/m1/s1. The first kappa shape index (κ1) is 19.4. The van der Waals surface area contributed by atoms with E-state index in [-0.39, 0.29) is 19.7 Å². The summed E-state index contributed by atoms with van der Waals surface area (Å²) in [5.74, 6) is -1.33. The van der Waals surface area contributed by atoms with Crippen molar-refractivity contribution in [3.8, 4) is 11.5 Å². The molecule has 2 aromatic rings. The van der Waals surface area contributed by atoms with Crippen LogP contribution in [0.2, 0.25) is 0 Å². The predicted octanol–water partition coefficient (Wildman–Crippen LogP) is 0.934. The zero-order valence-corrected chi connectivity index (χ0v) is 15.9. The Hall–Kier alpha value is -3.88. The molecule has 4 rings (SSSR count). The number of para-hydroxylation sites is 2. The van der Waals surface area contributed by atoms with E-state index in [0.717, 1.165) is 4.90 Å². The molecule has 9 nitrogen and oxygen atoms in total. The van der Waals surface area contributed by atoms with Crippen LogP contribution in [0.15, 0.2) is 54.6 Å². The predicted molar refractivity (Wildman–Crippen MR) is 103 cm³/mol. The quantitative estimate of drug-likeness (QED) is 0.562. The zero-order valence-electron chi connectivity index (χ0n) is 15.9. The molecule has 0 saturated carbocycles. The summed E-state index contributed by atoms with van der Waals surface area (Å²) in [5.41, 5.74) is 0.702. The summed E-state index contributed by atoms with van der Waals surface area (Å²) in [4.78, 5) is 50.6. The Balaban J connectivity index is 1.31. The minimum absolute atomic E-state index is 0.0327. The largest absolute Gasteiger partial charge is 0.486 e. The molecule has 30 heavy (non-hydrogen) atoms. The van der Waals surface area contributed by atoms with Crippen molar-refractivity contribution < 1.29 is 28.7 Å². The van der Waals surface area contributed by atoms with Crippen LogP contribution in [0.25, 0.3) is 0 Å². The van der Waals surface area contributed by atoms with Crippen molar-refractivity contribution in [1.29, 1.82) is 0 Å². The fourth-order valence-electron chi connectivity index (χ4n) is 3.19. The van der Waals surface area contributed by atoms with Crippen molar-refractivity contribution >= 4 is 23.8 Å². The number of nitrogens with zero attached hydrogens (tertiary/aromatic N) is 2. The number of fused-ring (bicyclic) bond motifs is 1. The molecule has 2 heterocycles. The van der Waals surface area contributed by atoms with Gasteiger partial charge in [0, 0.05) is 0 Å². The first-order chi connectivity index (χ1) is 14.5. The molecule has 0 aromatic heterocycles. The van der Waals surface area contributed by atoms with E-state index in [0.29, 0.717) is 22.0 Å². The van der Waals surface area contributed by atoms with Gasteiger partial charge in [-0.25, -0.2) is 9.69 Å². The third-order valence-electron chi connectivity index (χ3n) is 4.71. The molecule has 1 fully saturated rings. The highest BCUT2D eigenvalue weighted by Crippen LogP contribution is 2.30. The van der Waals surface area contributed by atoms with Crippen molar-refractivity contribution in [2.24, 2.45) is 0 Å². The number of rotatable bonds is 6. The van der Waals surface area contributed by atoms with Gasteiger partial charge < -0.3 is 14.8 Å². The molecule has 5 amide bonds. The number of carbonyl (C=O) groups is 4. The second-order valence-corrected chi connectivity index (χ2v) is 6.85. The number of ether oxygens (including phenoxy) is 2. The van der Waals surface area contributed by atoms with Crippen LogP contribution in [0, 0.1) is 0 Å². The first-order valence-electron chi connectivity index (χ1n) is 9.39. The Kier molecular flexibility index (Phi) is 5.34. The van der Waals surface area contributed by atoms with Crippen LogP contribution < -0.4 is 14.8 Å². The molecule has 0 unspecified atom stereocenters. The molecular formula is C21H19N3O6. The van der Waals surface area contributed by atoms with Gasteiger partial charge in [-0.3, -0.25) is 19.3 Å². The maximum Gasteiger partial charge on any atom is 0.335 e. The maximum absolute atomic E-state index is 12.5. The van der Waals surface area contributed by atoms with Gasteiger partial charge in [0.25, 0.3) is 0 Å². The van der Waals surface area contributed by atoms with Gasteiger partial charge in [-0.1, -0.05) is 42.5 Å². The summed E-state index contributed by atoms with van der Waals surface area (Å²) in [6.45, 7) is -0.193. The van der Waals surface area contributed by atoms with Gasteiger partial charge in [-0.15, -0.1) is 0 Å². The fourth-order valence-corrected chi connectivity index (χ4v) is 3.19. The van der Waals surface area contributed by atoms with Crippen LogP contribution in [0.1, 0.15) is 5.56 Å². The van der Waals surface area contributed by atoms with Crippen molar-refractivity contribution in [1.82, 2.24) is 15.1 Å².